The lowest BCUT2D eigenvalue weighted by atomic mass is 9.70. The first-order valence-electron chi connectivity index (χ1n) is 8.33. The first-order valence-corrected chi connectivity index (χ1v) is 9.21. The maximum Gasteiger partial charge on any atom is 0.335 e. The highest BCUT2D eigenvalue weighted by molar-refractivity contribution is 8.04. The van der Waals surface area contributed by atoms with Crippen LogP contribution in [-0.4, -0.2) is 16.4 Å². The number of hydrogen-bond acceptors (Lipinski definition) is 3. The maximum atomic E-state index is 11.0. The molecule has 0 saturated heterocycles. The van der Waals surface area contributed by atoms with Crippen LogP contribution < -0.4 is 5.32 Å². The van der Waals surface area contributed by atoms with Gasteiger partial charge in [0.05, 0.1) is 5.56 Å². The van der Waals surface area contributed by atoms with Crippen LogP contribution in [-0.2, 0) is 0 Å². The Morgan fingerprint density at radius 1 is 1.12 bits per heavy atom. The smallest absolute Gasteiger partial charge is 0.335 e. The number of nitrogens with one attached hydrogen (secondary N) is 1. The van der Waals surface area contributed by atoms with Crippen molar-refractivity contribution in [2.45, 2.75) is 45.9 Å². The molecule has 2 aliphatic rings. The average Bonchev–Trinajstić information content (AvgIpc) is 2.99. The molecule has 0 radical (unpaired) electrons. The zero-order valence-corrected chi connectivity index (χ0v) is 15.6. The van der Waals surface area contributed by atoms with Crippen LogP contribution in [0.25, 0.3) is 5.57 Å². The van der Waals surface area contributed by atoms with E-state index in [2.05, 4.69) is 39.6 Å². The Morgan fingerprint density at radius 2 is 1.67 bits per heavy atom. The lowest BCUT2D eigenvalue weighted by Crippen LogP contribution is -2.34. The monoisotopic (exact) mass is 343 g/mol. The lowest BCUT2D eigenvalue weighted by molar-refractivity contribution is 0.0697. The molecule has 0 saturated carbocycles. The number of thioether (sulfide) groups is 1. The Morgan fingerprint density at radius 3 is 2.21 bits per heavy atom. The van der Waals surface area contributed by atoms with E-state index in [1.807, 2.05) is 23.9 Å². The number of carboxylic acids is 1. The second-order valence-electron chi connectivity index (χ2n) is 8.02. The molecule has 0 bridgehead atoms. The SMILES string of the molecule is C=C(c1ccc(C(=O)O)cc1)C1NC2=C(S1)C(C)(C)CCC2(C)C. The molecule has 0 aromatic heterocycles. The summed E-state index contributed by atoms with van der Waals surface area (Å²) in [6, 6.07) is 6.98. The van der Waals surface area contributed by atoms with Crippen molar-refractivity contribution >= 4 is 23.3 Å². The van der Waals surface area contributed by atoms with Crippen molar-refractivity contribution in [2.24, 2.45) is 10.8 Å². The highest BCUT2D eigenvalue weighted by Crippen LogP contribution is 2.56. The molecule has 1 atom stereocenters. The van der Waals surface area contributed by atoms with Gasteiger partial charge in [0.1, 0.15) is 5.37 Å². The van der Waals surface area contributed by atoms with Crippen molar-refractivity contribution in [1.82, 2.24) is 5.32 Å². The number of allylic oxidation sites excluding steroid dienone is 2. The summed E-state index contributed by atoms with van der Waals surface area (Å²) in [5.74, 6) is -0.902. The molecule has 3 rings (SSSR count). The molecule has 0 spiro atoms. The Balaban J connectivity index is 1.83. The van der Waals surface area contributed by atoms with Gasteiger partial charge in [-0.2, -0.15) is 0 Å². The van der Waals surface area contributed by atoms with Crippen LogP contribution in [0.4, 0.5) is 0 Å². The van der Waals surface area contributed by atoms with E-state index in [-0.39, 0.29) is 16.2 Å². The van der Waals surface area contributed by atoms with Crippen molar-refractivity contribution in [3.8, 4) is 0 Å². The van der Waals surface area contributed by atoms with Gasteiger partial charge in [-0.25, -0.2) is 4.79 Å². The lowest BCUT2D eigenvalue weighted by Gasteiger charge is -2.40. The summed E-state index contributed by atoms with van der Waals surface area (Å²) in [5.41, 5.74) is 4.01. The van der Waals surface area contributed by atoms with E-state index < -0.39 is 5.97 Å². The maximum absolute atomic E-state index is 11.0. The zero-order chi connectivity index (χ0) is 17.7. The van der Waals surface area contributed by atoms with E-state index in [9.17, 15) is 4.79 Å². The summed E-state index contributed by atoms with van der Waals surface area (Å²) < 4.78 is 0. The van der Waals surface area contributed by atoms with Gasteiger partial charge >= 0.3 is 5.97 Å². The summed E-state index contributed by atoms with van der Waals surface area (Å²) in [6.07, 6.45) is 2.37. The Labute approximate surface area is 148 Å². The average molecular weight is 343 g/mol. The standard InChI is InChI=1S/C20H25NO2S/c1-12(13-6-8-14(9-7-13)18(22)23)17-21-15-16(24-17)20(4,5)11-10-19(15,2)3/h6-9,17,21H,1,10-11H2,2-5H3,(H,22,23). The van der Waals surface area contributed by atoms with Gasteiger partial charge in [-0.3, -0.25) is 0 Å². The van der Waals surface area contributed by atoms with Gasteiger partial charge < -0.3 is 10.4 Å². The molecule has 1 aliphatic carbocycles. The van der Waals surface area contributed by atoms with Gasteiger partial charge in [0.15, 0.2) is 0 Å². The Hall–Kier alpha value is -1.68. The molecule has 0 fully saturated rings. The highest BCUT2D eigenvalue weighted by atomic mass is 32.2. The van der Waals surface area contributed by atoms with E-state index in [0.717, 1.165) is 11.1 Å². The summed E-state index contributed by atoms with van der Waals surface area (Å²) in [5, 5.41) is 12.9. The number of benzene rings is 1. The fourth-order valence-corrected chi connectivity index (χ4v) is 4.97. The Kier molecular flexibility index (Phi) is 4.07. The fraction of sp³-hybridized carbons (Fsp3) is 0.450. The Bertz CT molecular complexity index is 701. The second kappa shape index (κ2) is 5.69. The molecule has 1 aromatic rings. The van der Waals surface area contributed by atoms with Crippen LogP contribution in [0.1, 0.15) is 56.5 Å². The van der Waals surface area contributed by atoms with Crippen LogP contribution in [0.5, 0.6) is 0 Å². The molecule has 128 valence electrons. The topological polar surface area (TPSA) is 49.3 Å². The third-order valence-corrected chi connectivity index (χ3v) is 6.85. The van der Waals surface area contributed by atoms with Crippen molar-refractivity contribution < 1.29 is 9.90 Å². The quantitative estimate of drug-likeness (QED) is 0.800. The van der Waals surface area contributed by atoms with E-state index in [4.69, 9.17) is 5.11 Å². The van der Waals surface area contributed by atoms with Gasteiger partial charge in [0.25, 0.3) is 0 Å². The highest BCUT2D eigenvalue weighted by Gasteiger charge is 2.45. The number of carbonyl (C=O) groups is 1. The molecule has 2 N–H and O–H groups in total. The first kappa shape index (κ1) is 17.2. The van der Waals surface area contributed by atoms with Gasteiger partial charge in [-0.05, 0) is 41.5 Å². The summed E-state index contributed by atoms with van der Waals surface area (Å²) >= 11 is 1.87. The van der Waals surface area contributed by atoms with Gasteiger partial charge in [0, 0.05) is 16.0 Å². The van der Waals surface area contributed by atoms with Crippen LogP contribution in [0.2, 0.25) is 0 Å². The minimum absolute atomic E-state index is 0.113. The molecule has 24 heavy (non-hydrogen) atoms. The first-order chi connectivity index (χ1) is 11.1. The van der Waals surface area contributed by atoms with E-state index in [1.165, 1.54) is 23.4 Å². The number of rotatable bonds is 3. The minimum atomic E-state index is -0.902. The van der Waals surface area contributed by atoms with Gasteiger partial charge in [-0.15, -0.1) is 0 Å². The molecule has 0 amide bonds. The number of hydrogen-bond donors (Lipinski definition) is 2. The zero-order valence-electron chi connectivity index (χ0n) is 14.8. The number of carboxylic acid groups (broad SMARTS) is 1. The van der Waals surface area contributed by atoms with E-state index in [1.54, 1.807) is 12.1 Å². The predicted octanol–water partition coefficient (Wildman–Crippen LogP) is 5.12. The van der Waals surface area contributed by atoms with Crippen LogP contribution in [0, 0.1) is 10.8 Å². The molecule has 1 unspecified atom stereocenters. The normalized spacial score (nSPS) is 24.2. The predicted molar refractivity (Wildman–Crippen MR) is 101 cm³/mol. The molecular weight excluding hydrogens is 318 g/mol. The third-order valence-electron chi connectivity index (χ3n) is 5.22. The molecule has 4 heteroatoms. The van der Waals surface area contributed by atoms with Gasteiger partial charge in [-0.1, -0.05) is 58.2 Å². The van der Waals surface area contributed by atoms with Crippen molar-refractivity contribution in [3.05, 3.63) is 52.6 Å². The summed E-state index contributed by atoms with van der Waals surface area (Å²) in [6.45, 7) is 13.5. The minimum Gasteiger partial charge on any atom is -0.478 e. The van der Waals surface area contributed by atoms with Crippen LogP contribution in [0.3, 0.4) is 0 Å². The van der Waals surface area contributed by atoms with E-state index in [0.29, 0.717) is 5.56 Å². The summed E-state index contributed by atoms with van der Waals surface area (Å²) in [7, 11) is 0. The summed E-state index contributed by atoms with van der Waals surface area (Å²) in [4.78, 5) is 12.5. The van der Waals surface area contributed by atoms with Crippen molar-refractivity contribution in [1.29, 1.82) is 0 Å². The largest absolute Gasteiger partial charge is 0.478 e. The number of aromatic carboxylic acids is 1. The van der Waals surface area contributed by atoms with Crippen molar-refractivity contribution in [3.63, 3.8) is 0 Å². The third kappa shape index (κ3) is 2.88. The van der Waals surface area contributed by atoms with Crippen LogP contribution >= 0.6 is 11.8 Å². The van der Waals surface area contributed by atoms with Crippen LogP contribution in [0.15, 0.2) is 41.4 Å². The molecular formula is C20H25NO2S. The molecule has 1 aliphatic heterocycles. The van der Waals surface area contributed by atoms with Crippen molar-refractivity contribution in [2.75, 3.05) is 0 Å². The fourth-order valence-electron chi connectivity index (χ4n) is 3.40. The second-order valence-corrected chi connectivity index (χ2v) is 9.14. The molecule has 3 nitrogen and oxygen atoms in total. The molecule has 1 aromatic carbocycles. The van der Waals surface area contributed by atoms with Gasteiger partial charge in [0.2, 0.25) is 0 Å². The molecule has 1 heterocycles. The van der Waals surface area contributed by atoms with E-state index >= 15 is 0 Å².